The summed E-state index contributed by atoms with van der Waals surface area (Å²) in [7, 11) is 0. The first kappa shape index (κ1) is 10.2. The number of hydrogen-bond donors (Lipinski definition) is 1. The maximum atomic E-state index is 12.8. The third-order valence-corrected chi connectivity index (χ3v) is 2.06. The van der Waals surface area contributed by atoms with E-state index in [0.29, 0.717) is 0 Å². The first-order valence-electron chi connectivity index (χ1n) is 4.15. The number of aromatic nitrogens is 1. The van der Waals surface area contributed by atoms with Crippen LogP contribution < -0.4 is 5.56 Å². The van der Waals surface area contributed by atoms with Crippen molar-refractivity contribution in [2.75, 3.05) is 0 Å². The summed E-state index contributed by atoms with van der Waals surface area (Å²) in [5.74, 6) is -2.26. The van der Waals surface area contributed by atoms with Crippen molar-refractivity contribution < 1.29 is 13.7 Å². The summed E-state index contributed by atoms with van der Waals surface area (Å²) in [6, 6.07) is 2.46. The van der Waals surface area contributed by atoms with Crippen LogP contribution in [0.4, 0.5) is 14.5 Å². The van der Waals surface area contributed by atoms with Gasteiger partial charge in [0.25, 0.3) is 0 Å². The van der Waals surface area contributed by atoms with E-state index in [4.69, 9.17) is 0 Å². The number of aromatic amines is 1. The van der Waals surface area contributed by atoms with Crippen LogP contribution >= 0.6 is 0 Å². The third kappa shape index (κ3) is 1.52. The molecule has 0 bridgehead atoms. The largest absolute Gasteiger partial charge is 0.334 e. The molecule has 1 aromatic carbocycles. The lowest BCUT2D eigenvalue weighted by molar-refractivity contribution is -0.386. The van der Waals surface area contributed by atoms with Gasteiger partial charge in [-0.05, 0) is 6.07 Å². The van der Waals surface area contributed by atoms with Gasteiger partial charge in [0, 0.05) is 17.5 Å². The standard InChI is InChI=1S/C9H4F2N2O3/c10-5-1-4-2-8(13(15)16)9(14)12-7(4)3-6(5)11/h1-3H,(H,12,14). The van der Waals surface area contributed by atoms with Gasteiger partial charge in [0.1, 0.15) is 0 Å². The topological polar surface area (TPSA) is 76.0 Å². The second-order valence-electron chi connectivity index (χ2n) is 3.09. The average Bonchev–Trinajstić information content (AvgIpc) is 2.19. The fourth-order valence-corrected chi connectivity index (χ4v) is 1.32. The van der Waals surface area contributed by atoms with Crippen molar-refractivity contribution in [3.8, 4) is 0 Å². The number of fused-ring (bicyclic) bond motifs is 1. The number of rotatable bonds is 1. The normalized spacial score (nSPS) is 10.6. The Morgan fingerprint density at radius 2 is 1.81 bits per heavy atom. The van der Waals surface area contributed by atoms with E-state index in [-0.39, 0.29) is 10.9 Å². The van der Waals surface area contributed by atoms with Crippen LogP contribution in [0.1, 0.15) is 0 Å². The second-order valence-corrected chi connectivity index (χ2v) is 3.09. The predicted molar refractivity (Wildman–Crippen MR) is 51.1 cm³/mol. The molecule has 0 aliphatic heterocycles. The van der Waals surface area contributed by atoms with E-state index in [0.717, 1.165) is 18.2 Å². The third-order valence-electron chi connectivity index (χ3n) is 2.06. The fraction of sp³-hybridized carbons (Fsp3) is 0. The Balaban J connectivity index is 2.85. The van der Waals surface area contributed by atoms with E-state index in [1.54, 1.807) is 0 Å². The maximum absolute atomic E-state index is 12.8. The molecular formula is C9H4F2N2O3. The van der Waals surface area contributed by atoms with Crippen LogP contribution in [0.2, 0.25) is 0 Å². The number of nitrogens with zero attached hydrogens (tertiary/aromatic N) is 1. The molecule has 0 aliphatic rings. The van der Waals surface area contributed by atoms with Crippen LogP contribution in [0.3, 0.4) is 0 Å². The minimum absolute atomic E-state index is 0.00880. The first-order valence-corrected chi connectivity index (χ1v) is 4.15. The van der Waals surface area contributed by atoms with Gasteiger partial charge in [-0.3, -0.25) is 14.9 Å². The molecule has 1 heterocycles. The quantitative estimate of drug-likeness (QED) is 0.594. The first-order chi connectivity index (χ1) is 7.49. The molecule has 2 rings (SSSR count). The molecule has 7 heteroatoms. The van der Waals surface area contributed by atoms with Gasteiger partial charge in [0.15, 0.2) is 11.6 Å². The van der Waals surface area contributed by atoms with Crippen LogP contribution in [-0.2, 0) is 0 Å². The minimum Gasteiger partial charge on any atom is -0.316 e. The van der Waals surface area contributed by atoms with Crippen molar-refractivity contribution >= 4 is 16.6 Å². The summed E-state index contributed by atoms with van der Waals surface area (Å²) in [6.45, 7) is 0. The highest BCUT2D eigenvalue weighted by Crippen LogP contribution is 2.18. The SMILES string of the molecule is O=c1[nH]c2cc(F)c(F)cc2cc1[N+](=O)[O-]. The average molecular weight is 226 g/mol. The number of hydrogen-bond acceptors (Lipinski definition) is 3. The van der Waals surface area contributed by atoms with Crippen molar-refractivity contribution in [3.05, 3.63) is 50.3 Å². The summed E-state index contributed by atoms with van der Waals surface area (Å²) in [6.07, 6.45) is 0. The van der Waals surface area contributed by atoms with E-state index in [2.05, 4.69) is 4.98 Å². The maximum Gasteiger partial charge on any atom is 0.334 e. The smallest absolute Gasteiger partial charge is 0.316 e. The highest BCUT2D eigenvalue weighted by Gasteiger charge is 2.14. The molecule has 0 saturated heterocycles. The number of nitrogens with one attached hydrogen (secondary N) is 1. The molecule has 5 nitrogen and oxygen atoms in total. The second kappa shape index (κ2) is 3.37. The fourth-order valence-electron chi connectivity index (χ4n) is 1.32. The van der Waals surface area contributed by atoms with E-state index in [1.165, 1.54) is 0 Å². The Morgan fingerprint density at radius 3 is 2.44 bits per heavy atom. The van der Waals surface area contributed by atoms with Crippen LogP contribution in [0.15, 0.2) is 23.0 Å². The van der Waals surface area contributed by atoms with Crippen molar-refractivity contribution in [3.63, 3.8) is 0 Å². The number of halogens is 2. The summed E-state index contributed by atoms with van der Waals surface area (Å²) in [5, 5.41) is 10.5. The van der Waals surface area contributed by atoms with E-state index >= 15 is 0 Å². The van der Waals surface area contributed by atoms with Gasteiger partial charge < -0.3 is 4.98 Å². The molecule has 1 N–H and O–H groups in total. The number of H-pyrrole nitrogens is 1. The molecule has 0 atom stereocenters. The molecule has 0 aliphatic carbocycles. The summed E-state index contributed by atoms with van der Waals surface area (Å²) in [5.41, 5.74) is -1.66. The van der Waals surface area contributed by atoms with Crippen LogP contribution in [0.25, 0.3) is 10.9 Å². The van der Waals surface area contributed by atoms with Crippen LogP contribution in [0.5, 0.6) is 0 Å². The molecule has 0 fully saturated rings. The molecule has 82 valence electrons. The van der Waals surface area contributed by atoms with Crippen molar-refractivity contribution in [1.82, 2.24) is 4.98 Å². The molecule has 1 aromatic heterocycles. The lowest BCUT2D eigenvalue weighted by Gasteiger charge is -1.99. The minimum atomic E-state index is -1.13. The Bertz CT molecular complexity index is 651. The van der Waals surface area contributed by atoms with Gasteiger partial charge in [-0.15, -0.1) is 0 Å². The van der Waals surface area contributed by atoms with Crippen molar-refractivity contribution in [2.24, 2.45) is 0 Å². The Hall–Kier alpha value is -2.31. The van der Waals surface area contributed by atoms with Gasteiger partial charge in [0.2, 0.25) is 0 Å². The van der Waals surface area contributed by atoms with Gasteiger partial charge in [-0.25, -0.2) is 8.78 Å². The summed E-state index contributed by atoms with van der Waals surface area (Å²) < 4.78 is 25.7. The number of pyridine rings is 1. The molecule has 2 aromatic rings. The van der Waals surface area contributed by atoms with Gasteiger partial charge in [-0.1, -0.05) is 0 Å². The van der Waals surface area contributed by atoms with Crippen molar-refractivity contribution in [2.45, 2.75) is 0 Å². The Labute approximate surface area is 86.5 Å². The molecule has 0 amide bonds. The lowest BCUT2D eigenvalue weighted by Crippen LogP contribution is -2.11. The summed E-state index contributed by atoms with van der Waals surface area (Å²) in [4.78, 5) is 22.8. The monoisotopic (exact) mass is 226 g/mol. The molecule has 0 unspecified atom stereocenters. The Kier molecular flexibility index (Phi) is 2.15. The molecule has 16 heavy (non-hydrogen) atoms. The zero-order valence-electron chi connectivity index (χ0n) is 7.66. The highest BCUT2D eigenvalue weighted by atomic mass is 19.2. The van der Waals surface area contributed by atoms with Crippen LogP contribution in [-0.4, -0.2) is 9.91 Å². The van der Waals surface area contributed by atoms with E-state index in [1.807, 2.05) is 0 Å². The highest BCUT2D eigenvalue weighted by molar-refractivity contribution is 5.80. The zero-order valence-corrected chi connectivity index (χ0v) is 7.66. The zero-order chi connectivity index (χ0) is 11.9. The van der Waals surface area contributed by atoms with E-state index < -0.39 is 27.8 Å². The summed E-state index contributed by atoms with van der Waals surface area (Å²) >= 11 is 0. The molecular weight excluding hydrogens is 222 g/mol. The van der Waals surface area contributed by atoms with Crippen LogP contribution in [0, 0.1) is 21.7 Å². The molecule has 0 saturated carbocycles. The Morgan fingerprint density at radius 1 is 1.19 bits per heavy atom. The molecule has 0 spiro atoms. The van der Waals surface area contributed by atoms with E-state index in [9.17, 15) is 23.7 Å². The van der Waals surface area contributed by atoms with Crippen molar-refractivity contribution in [1.29, 1.82) is 0 Å². The van der Waals surface area contributed by atoms with Gasteiger partial charge >= 0.3 is 11.2 Å². The lowest BCUT2D eigenvalue weighted by atomic mass is 10.2. The van der Waals surface area contributed by atoms with Gasteiger partial charge in [-0.2, -0.15) is 0 Å². The van der Waals surface area contributed by atoms with Gasteiger partial charge in [0.05, 0.1) is 10.4 Å². The predicted octanol–water partition coefficient (Wildman–Crippen LogP) is 1.71. The number of nitro groups is 1. The number of benzene rings is 1. The molecule has 0 radical (unpaired) electrons.